The summed E-state index contributed by atoms with van der Waals surface area (Å²) in [6.45, 7) is 1.96. The van der Waals surface area contributed by atoms with Crippen LogP contribution in [0.4, 0.5) is 0 Å². The smallest absolute Gasteiger partial charge is 0.0907 e. The van der Waals surface area contributed by atoms with Crippen LogP contribution in [0.15, 0.2) is 12.1 Å². The number of halogens is 2. The molecule has 0 spiro atoms. The van der Waals surface area contributed by atoms with Crippen LogP contribution in [0.2, 0.25) is 10.0 Å². The Morgan fingerprint density at radius 1 is 1.25 bits per heavy atom. The Kier molecular flexibility index (Phi) is 1.99. The molecule has 0 unspecified atom stereocenters. The summed E-state index contributed by atoms with van der Waals surface area (Å²) in [5.74, 6) is 0. The van der Waals surface area contributed by atoms with Gasteiger partial charge in [0.1, 0.15) is 0 Å². The monoisotopic (exact) mass is 217 g/mol. The van der Waals surface area contributed by atoms with Crippen molar-refractivity contribution in [1.82, 2.24) is 4.98 Å². The van der Waals surface area contributed by atoms with Crippen molar-refractivity contribution in [3.05, 3.63) is 27.2 Å². The number of thiazole rings is 1. The van der Waals surface area contributed by atoms with E-state index in [0.29, 0.717) is 10.0 Å². The number of hydrogen-bond acceptors (Lipinski definition) is 2. The van der Waals surface area contributed by atoms with E-state index in [1.807, 2.05) is 13.0 Å². The molecule has 0 aliphatic heterocycles. The van der Waals surface area contributed by atoms with E-state index < -0.39 is 0 Å². The van der Waals surface area contributed by atoms with Gasteiger partial charge in [0.15, 0.2) is 0 Å². The van der Waals surface area contributed by atoms with Crippen molar-refractivity contribution in [2.24, 2.45) is 0 Å². The number of fused-ring (bicyclic) bond motifs is 1. The molecule has 0 saturated carbocycles. The molecule has 0 fully saturated rings. The quantitative estimate of drug-likeness (QED) is 0.653. The molecule has 0 N–H and O–H groups in total. The van der Waals surface area contributed by atoms with Crippen LogP contribution in [0.1, 0.15) is 5.01 Å². The summed E-state index contributed by atoms with van der Waals surface area (Å²) in [5, 5.41) is 2.19. The fraction of sp³-hybridized carbons (Fsp3) is 0.125. The SMILES string of the molecule is Cc1nc2cc(Cl)c(Cl)cc2s1. The first kappa shape index (κ1) is 8.30. The zero-order chi connectivity index (χ0) is 8.72. The van der Waals surface area contributed by atoms with E-state index in [-0.39, 0.29) is 0 Å². The Hall–Kier alpha value is -0.310. The maximum Gasteiger partial charge on any atom is 0.0907 e. The molecule has 1 nitrogen and oxygen atoms in total. The van der Waals surface area contributed by atoms with Gasteiger partial charge in [0.05, 0.1) is 25.3 Å². The van der Waals surface area contributed by atoms with Crippen LogP contribution in [-0.4, -0.2) is 4.98 Å². The zero-order valence-electron chi connectivity index (χ0n) is 6.27. The van der Waals surface area contributed by atoms with Gasteiger partial charge in [-0.15, -0.1) is 11.3 Å². The normalized spacial score (nSPS) is 10.9. The van der Waals surface area contributed by atoms with Crippen molar-refractivity contribution < 1.29 is 0 Å². The highest BCUT2D eigenvalue weighted by Gasteiger charge is 2.04. The summed E-state index contributed by atoms with van der Waals surface area (Å²) in [7, 11) is 0. The van der Waals surface area contributed by atoms with E-state index in [9.17, 15) is 0 Å². The Morgan fingerprint density at radius 2 is 1.92 bits per heavy atom. The second kappa shape index (κ2) is 2.87. The fourth-order valence-corrected chi connectivity index (χ4v) is 2.27. The third-order valence-corrected chi connectivity index (χ3v) is 3.19. The number of nitrogens with zero attached hydrogens (tertiary/aromatic N) is 1. The van der Waals surface area contributed by atoms with E-state index in [4.69, 9.17) is 23.2 Å². The van der Waals surface area contributed by atoms with Gasteiger partial charge in [0.2, 0.25) is 0 Å². The molecule has 0 aliphatic rings. The minimum absolute atomic E-state index is 0.564. The van der Waals surface area contributed by atoms with Crippen molar-refractivity contribution in [2.45, 2.75) is 6.92 Å². The van der Waals surface area contributed by atoms with Crippen molar-refractivity contribution >= 4 is 44.8 Å². The van der Waals surface area contributed by atoms with E-state index >= 15 is 0 Å². The van der Waals surface area contributed by atoms with Crippen LogP contribution in [0, 0.1) is 6.92 Å². The second-order valence-electron chi connectivity index (χ2n) is 2.47. The van der Waals surface area contributed by atoms with Gasteiger partial charge in [0, 0.05) is 0 Å². The van der Waals surface area contributed by atoms with Gasteiger partial charge in [-0.05, 0) is 19.1 Å². The summed E-state index contributed by atoms with van der Waals surface area (Å²) in [4.78, 5) is 4.29. The molecule has 1 aromatic carbocycles. The van der Waals surface area contributed by atoms with Gasteiger partial charge in [0.25, 0.3) is 0 Å². The average Bonchev–Trinajstić information content (AvgIpc) is 2.30. The molecule has 0 saturated heterocycles. The Bertz CT molecular complexity index is 397. The third kappa shape index (κ3) is 1.30. The third-order valence-electron chi connectivity index (χ3n) is 1.54. The number of aromatic nitrogens is 1. The van der Waals surface area contributed by atoms with Crippen molar-refractivity contribution in [1.29, 1.82) is 0 Å². The predicted octanol–water partition coefficient (Wildman–Crippen LogP) is 3.91. The largest absolute Gasteiger partial charge is 0.241 e. The molecule has 1 heterocycles. The molecule has 0 bridgehead atoms. The molecule has 0 aliphatic carbocycles. The fourth-order valence-electron chi connectivity index (χ4n) is 1.04. The van der Waals surface area contributed by atoms with Crippen LogP contribution >= 0.6 is 34.5 Å². The number of hydrogen-bond donors (Lipinski definition) is 0. The first-order chi connectivity index (χ1) is 5.66. The molecule has 2 aromatic rings. The van der Waals surface area contributed by atoms with E-state index in [0.717, 1.165) is 15.2 Å². The molecule has 62 valence electrons. The van der Waals surface area contributed by atoms with Crippen LogP contribution in [0.3, 0.4) is 0 Å². The second-order valence-corrected chi connectivity index (χ2v) is 4.52. The van der Waals surface area contributed by atoms with Crippen LogP contribution in [0.25, 0.3) is 10.2 Å². The standard InChI is InChI=1S/C8H5Cl2NS/c1-4-11-7-2-5(9)6(10)3-8(7)12-4/h2-3H,1H3. The molecule has 2 rings (SSSR count). The summed E-state index contributed by atoms with van der Waals surface area (Å²) < 4.78 is 1.09. The molecular formula is C8H5Cl2NS. The Balaban J connectivity index is 2.83. The number of aryl methyl sites for hydroxylation is 1. The summed E-state index contributed by atoms with van der Waals surface area (Å²) >= 11 is 13.3. The highest BCUT2D eigenvalue weighted by atomic mass is 35.5. The van der Waals surface area contributed by atoms with Crippen molar-refractivity contribution in [3.8, 4) is 0 Å². The highest BCUT2D eigenvalue weighted by molar-refractivity contribution is 7.18. The number of benzene rings is 1. The molecule has 0 amide bonds. The van der Waals surface area contributed by atoms with Crippen molar-refractivity contribution in [3.63, 3.8) is 0 Å². The lowest BCUT2D eigenvalue weighted by atomic mass is 10.3. The minimum atomic E-state index is 0.564. The number of rotatable bonds is 0. The van der Waals surface area contributed by atoms with E-state index in [1.54, 1.807) is 17.4 Å². The van der Waals surface area contributed by atoms with Crippen LogP contribution in [0.5, 0.6) is 0 Å². The highest BCUT2D eigenvalue weighted by Crippen LogP contribution is 2.30. The Labute approximate surface area is 83.9 Å². The first-order valence-corrected chi connectivity index (χ1v) is 4.96. The lowest BCUT2D eigenvalue weighted by Gasteiger charge is -1.92. The average molecular weight is 218 g/mol. The lowest BCUT2D eigenvalue weighted by Crippen LogP contribution is -1.70. The van der Waals surface area contributed by atoms with Gasteiger partial charge in [-0.2, -0.15) is 0 Å². The van der Waals surface area contributed by atoms with Gasteiger partial charge < -0.3 is 0 Å². The van der Waals surface area contributed by atoms with E-state index in [1.165, 1.54) is 0 Å². The van der Waals surface area contributed by atoms with Gasteiger partial charge in [-0.25, -0.2) is 4.98 Å². The van der Waals surface area contributed by atoms with E-state index in [2.05, 4.69) is 4.98 Å². The molecule has 1 aromatic heterocycles. The topological polar surface area (TPSA) is 12.9 Å². The first-order valence-electron chi connectivity index (χ1n) is 3.39. The van der Waals surface area contributed by atoms with Gasteiger partial charge >= 0.3 is 0 Å². The summed E-state index contributed by atoms with van der Waals surface area (Å²) in [6, 6.07) is 3.65. The maximum absolute atomic E-state index is 5.84. The Morgan fingerprint density at radius 3 is 2.67 bits per heavy atom. The molecule has 0 radical (unpaired) electrons. The molecule has 0 atom stereocenters. The summed E-state index contributed by atoms with van der Waals surface area (Å²) in [6.07, 6.45) is 0. The maximum atomic E-state index is 5.84. The molecular weight excluding hydrogens is 213 g/mol. The zero-order valence-corrected chi connectivity index (χ0v) is 8.59. The predicted molar refractivity (Wildman–Crippen MR) is 54.4 cm³/mol. The lowest BCUT2D eigenvalue weighted by molar-refractivity contribution is 1.35. The summed E-state index contributed by atoms with van der Waals surface area (Å²) in [5.41, 5.74) is 0.923. The molecule has 12 heavy (non-hydrogen) atoms. The van der Waals surface area contributed by atoms with Crippen molar-refractivity contribution in [2.75, 3.05) is 0 Å². The van der Waals surface area contributed by atoms with Gasteiger partial charge in [-0.3, -0.25) is 0 Å². The minimum Gasteiger partial charge on any atom is -0.241 e. The van der Waals surface area contributed by atoms with Crippen LogP contribution in [-0.2, 0) is 0 Å². The molecule has 4 heteroatoms. The van der Waals surface area contributed by atoms with Gasteiger partial charge in [-0.1, -0.05) is 23.2 Å². The van der Waals surface area contributed by atoms with Crippen LogP contribution < -0.4 is 0 Å².